The molecule has 0 radical (unpaired) electrons. The van der Waals surface area contributed by atoms with Crippen molar-refractivity contribution in [3.8, 4) is 0 Å². The van der Waals surface area contributed by atoms with Crippen molar-refractivity contribution in [1.82, 2.24) is 14.9 Å². The second-order valence-corrected chi connectivity index (χ2v) is 5.48. The molecule has 1 aliphatic carbocycles. The minimum absolute atomic E-state index is 0.0748. The summed E-state index contributed by atoms with van der Waals surface area (Å²) >= 11 is 5.72. The van der Waals surface area contributed by atoms with Crippen LogP contribution >= 0.6 is 11.6 Å². The maximum atomic E-state index is 13.7. The van der Waals surface area contributed by atoms with E-state index in [4.69, 9.17) is 11.6 Å². The first-order valence-electron chi connectivity index (χ1n) is 6.01. The van der Waals surface area contributed by atoms with Crippen LogP contribution in [-0.4, -0.2) is 48.1 Å². The van der Waals surface area contributed by atoms with Gasteiger partial charge in [0.25, 0.3) is 0 Å². The summed E-state index contributed by atoms with van der Waals surface area (Å²) in [5, 5.41) is 0.0748. The van der Waals surface area contributed by atoms with Crippen LogP contribution in [-0.2, 0) is 0 Å². The monoisotopic (exact) mass is 272 g/mol. The second kappa shape index (κ2) is 4.97. The summed E-state index contributed by atoms with van der Waals surface area (Å²) in [6, 6.07) is 0. The van der Waals surface area contributed by atoms with Gasteiger partial charge in [-0.2, -0.15) is 4.98 Å². The predicted molar refractivity (Wildman–Crippen MR) is 70.5 cm³/mol. The Balaban J connectivity index is 2.16. The molecule has 1 fully saturated rings. The third-order valence-corrected chi connectivity index (χ3v) is 4.00. The molecule has 0 atom stereocenters. The molecular weight excluding hydrogens is 255 g/mol. The van der Waals surface area contributed by atoms with Crippen molar-refractivity contribution in [2.75, 3.05) is 32.6 Å². The normalized spacial score (nSPS) is 17.7. The molecule has 1 aliphatic rings. The molecule has 1 heterocycles. The van der Waals surface area contributed by atoms with Crippen LogP contribution in [0.1, 0.15) is 19.3 Å². The van der Waals surface area contributed by atoms with E-state index in [9.17, 15) is 4.39 Å². The third kappa shape index (κ3) is 2.42. The summed E-state index contributed by atoms with van der Waals surface area (Å²) in [6.07, 6.45) is 4.60. The minimum Gasteiger partial charge on any atom is -0.355 e. The maximum absolute atomic E-state index is 13.7. The SMILES string of the molecule is CN(CC1(N(C)C)CCC1)c1nc(Cl)ncc1F. The fourth-order valence-electron chi connectivity index (χ4n) is 2.45. The number of rotatable bonds is 4. The summed E-state index contributed by atoms with van der Waals surface area (Å²) in [6.45, 7) is 0.740. The molecule has 4 nitrogen and oxygen atoms in total. The fraction of sp³-hybridized carbons (Fsp3) is 0.667. The molecule has 1 saturated carbocycles. The molecule has 0 unspecified atom stereocenters. The fourth-order valence-corrected chi connectivity index (χ4v) is 2.58. The molecule has 0 aliphatic heterocycles. The van der Waals surface area contributed by atoms with Crippen LogP contribution in [0, 0.1) is 5.82 Å². The molecule has 0 saturated heterocycles. The van der Waals surface area contributed by atoms with E-state index in [1.807, 2.05) is 11.9 Å². The Morgan fingerprint density at radius 2 is 2.06 bits per heavy atom. The summed E-state index contributed by atoms with van der Waals surface area (Å²) in [5.74, 6) is -0.168. The molecule has 1 aromatic rings. The average molecular weight is 273 g/mol. The van der Waals surface area contributed by atoms with Crippen LogP contribution in [0.4, 0.5) is 10.2 Å². The molecule has 0 aromatic carbocycles. The van der Waals surface area contributed by atoms with Crippen LogP contribution < -0.4 is 4.90 Å². The van der Waals surface area contributed by atoms with Gasteiger partial charge in [-0.1, -0.05) is 0 Å². The maximum Gasteiger partial charge on any atom is 0.224 e. The Morgan fingerprint density at radius 3 is 2.56 bits per heavy atom. The molecule has 2 rings (SSSR count). The highest BCUT2D eigenvalue weighted by Crippen LogP contribution is 2.37. The predicted octanol–water partition coefficient (Wildman–Crippen LogP) is 2.19. The van der Waals surface area contributed by atoms with Gasteiger partial charge in [0.2, 0.25) is 5.28 Å². The lowest BCUT2D eigenvalue weighted by molar-refractivity contribution is 0.0680. The van der Waals surface area contributed by atoms with Crippen molar-refractivity contribution in [3.63, 3.8) is 0 Å². The van der Waals surface area contributed by atoms with Gasteiger partial charge in [0.1, 0.15) is 0 Å². The summed E-state index contributed by atoms with van der Waals surface area (Å²) in [7, 11) is 5.97. The number of hydrogen-bond acceptors (Lipinski definition) is 4. The van der Waals surface area contributed by atoms with Crippen LogP contribution in [0.3, 0.4) is 0 Å². The van der Waals surface area contributed by atoms with Gasteiger partial charge in [-0.05, 0) is 45.0 Å². The van der Waals surface area contributed by atoms with Gasteiger partial charge in [0.05, 0.1) is 6.20 Å². The van der Waals surface area contributed by atoms with E-state index >= 15 is 0 Å². The highest BCUT2D eigenvalue weighted by molar-refractivity contribution is 6.28. The standard InChI is InChI=1S/C12H18ClFN4/c1-17(2)12(5-4-6-12)8-18(3)10-9(14)7-15-11(13)16-10/h7H,4-6,8H2,1-3H3. The number of hydrogen-bond donors (Lipinski definition) is 0. The van der Waals surface area contributed by atoms with Crippen LogP contribution in [0.2, 0.25) is 5.28 Å². The average Bonchev–Trinajstić information content (AvgIpc) is 2.26. The largest absolute Gasteiger partial charge is 0.355 e. The zero-order chi connectivity index (χ0) is 13.3. The first-order valence-corrected chi connectivity index (χ1v) is 6.39. The van der Waals surface area contributed by atoms with Crippen molar-refractivity contribution in [1.29, 1.82) is 0 Å². The lowest BCUT2D eigenvalue weighted by Gasteiger charge is -2.49. The third-order valence-electron chi connectivity index (χ3n) is 3.82. The van der Waals surface area contributed by atoms with Gasteiger partial charge in [-0.3, -0.25) is 0 Å². The Morgan fingerprint density at radius 1 is 1.39 bits per heavy atom. The zero-order valence-electron chi connectivity index (χ0n) is 11.0. The van der Waals surface area contributed by atoms with Crippen molar-refractivity contribution in [2.24, 2.45) is 0 Å². The highest BCUT2D eigenvalue weighted by Gasteiger charge is 2.40. The molecular formula is C12H18ClFN4. The summed E-state index contributed by atoms with van der Waals surface area (Å²) in [5.41, 5.74) is 0.124. The van der Waals surface area contributed by atoms with E-state index in [0.717, 1.165) is 25.6 Å². The molecule has 100 valence electrons. The Hall–Kier alpha value is -0.940. The number of likely N-dealkylation sites (N-methyl/N-ethyl adjacent to an activating group) is 2. The van der Waals surface area contributed by atoms with Gasteiger partial charge in [-0.15, -0.1) is 0 Å². The Kier molecular flexibility index (Phi) is 3.73. The molecule has 0 N–H and O–H groups in total. The smallest absolute Gasteiger partial charge is 0.224 e. The van der Waals surface area contributed by atoms with Crippen LogP contribution in [0.15, 0.2) is 6.20 Å². The number of anilines is 1. The first-order chi connectivity index (χ1) is 8.44. The summed E-state index contributed by atoms with van der Waals surface area (Å²) < 4.78 is 13.7. The highest BCUT2D eigenvalue weighted by atomic mass is 35.5. The summed E-state index contributed by atoms with van der Waals surface area (Å²) in [4.78, 5) is 11.6. The van der Waals surface area contributed by atoms with E-state index in [2.05, 4.69) is 29.0 Å². The van der Waals surface area contributed by atoms with E-state index in [1.165, 1.54) is 6.42 Å². The number of nitrogens with zero attached hydrogens (tertiary/aromatic N) is 4. The Bertz CT molecular complexity index is 434. The van der Waals surface area contributed by atoms with E-state index in [-0.39, 0.29) is 16.6 Å². The molecule has 0 bridgehead atoms. The van der Waals surface area contributed by atoms with Crippen LogP contribution in [0.5, 0.6) is 0 Å². The van der Waals surface area contributed by atoms with Crippen molar-refractivity contribution in [3.05, 3.63) is 17.3 Å². The Labute approximate surface area is 112 Å². The van der Waals surface area contributed by atoms with Crippen molar-refractivity contribution in [2.45, 2.75) is 24.8 Å². The molecule has 0 amide bonds. The molecule has 0 spiro atoms. The quantitative estimate of drug-likeness (QED) is 0.787. The van der Waals surface area contributed by atoms with Crippen LogP contribution in [0.25, 0.3) is 0 Å². The van der Waals surface area contributed by atoms with Crippen molar-refractivity contribution < 1.29 is 4.39 Å². The van der Waals surface area contributed by atoms with E-state index in [1.54, 1.807) is 0 Å². The zero-order valence-corrected chi connectivity index (χ0v) is 11.7. The lowest BCUT2D eigenvalue weighted by Crippen LogP contribution is -2.57. The molecule has 18 heavy (non-hydrogen) atoms. The topological polar surface area (TPSA) is 32.3 Å². The minimum atomic E-state index is -0.435. The first kappa shape index (κ1) is 13.5. The number of aromatic nitrogens is 2. The van der Waals surface area contributed by atoms with Gasteiger partial charge >= 0.3 is 0 Å². The molecule has 6 heteroatoms. The van der Waals surface area contributed by atoms with E-state index in [0.29, 0.717) is 0 Å². The van der Waals surface area contributed by atoms with Crippen molar-refractivity contribution >= 4 is 17.4 Å². The lowest BCUT2D eigenvalue weighted by atomic mass is 9.75. The van der Waals surface area contributed by atoms with Gasteiger partial charge < -0.3 is 9.80 Å². The number of halogens is 2. The van der Waals surface area contributed by atoms with Gasteiger partial charge in [-0.25, -0.2) is 9.37 Å². The van der Waals surface area contributed by atoms with E-state index < -0.39 is 5.82 Å². The van der Waals surface area contributed by atoms with Gasteiger partial charge in [0.15, 0.2) is 11.6 Å². The second-order valence-electron chi connectivity index (χ2n) is 5.14. The molecule has 1 aromatic heterocycles. The van der Waals surface area contributed by atoms with Gasteiger partial charge in [0, 0.05) is 19.1 Å².